The van der Waals surface area contributed by atoms with Gasteiger partial charge in [0.1, 0.15) is 23.7 Å². The van der Waals surface area contributed by atoms with Crippen molar-refractivity contribution in [3.8, 4) is 11.8 Å². The Kier molecular flexibility index (Phi) is 12.3. The number of aromatic amines is 2. The summed E-state index contributed by atoms with van der Waals surface area (Å²) in [5.74, 6) is 7.77. The van der Waals surface area contributed by atoms with Crippen LogP contribution in [0.15, 0.2) is 36.4 Å². The van der Waals surface area contributed by atoms with Crippen LogP contribution >= 0.6 is 0 Å². The van der Waals surface area contributed by atoms with Crippen molar-refractivity contribution >= 4 is 45.9 Å². The molecule has 0 bridgehead atoms. The minimum atomic E-state index is -0.626. The molecule has 2 aliphatic carbocycles. The maximum absolute atomic E-state index is 13.9. The summed E-state index contributed by atoms with van der Waals surface area (Å²) in [4.78, 5) is 74.1. The number of hydrogen-bond donors (Lipinski definition) is 6. The van der Waals surface area contributed by atoms with Gasteiger partial charge in [0.25, 0.3) is 0 Å². The van der Waals surface area contributed by atoms with Crippen LogP contribution in [0.1, 0.15) is 140 Å². The number of carbonyl (C=O) groups is 4. The zero-order valence-electron chi connectivity index (χ0n) is 35.4. The molecule has 14 nitrogen and oxygen atoms in total. The van der Waals surface area contributed by atoms with Gasteiger partial charge in [-0.3, -0.25) is 9.59 Å². The van der Waals surface area contributed by atoms with E-state index in [1.165, 1.54) is 0 Å². The topological polar surface area (TPSA) is 180 Å². The number of benzene rings is 2. The number of H-pyrrole nitrogens is 2. The molecule has 8 rings (SSSR count). The van der Waals surface area contributed by atoms with Crippen molar-refractivity contribution in [2.45, 2.75) is 141 Å². The lowest BCUT2D eigenvalue weighted by atomic mass is 10.0. The Labute approximate surface area is 352 Å². The highest BCUT2D eigenvalue weighted by Crippen LogP contribution is 2.34. The van der Waals surface area contributed by atoms with E-state index in [1.807, 2.05) is 73.9 Å². The molecule has 4 aliphatic rings. The van der Waals surface area contributed by atoms with Gasteiger partial charge in [0.15, 0.2) is 0 Å². The molecule has 2 saturated heterocycles. The highest BCUT2D eigenvalue weighted by Gasteiger charge is 2.39. The Balaban J connectivity index is 0.929. The molecular formula is C46H60N10O4. The van der Waals surface area contributed by atoms with Crippen LogP contribution in [0.5, 0.6) is 0 Å². The number of likely N-dealkylation sites (tertiary alicyclic amines) is 2. The molecule has 1 unspecified atom stereocenters. The number of urea groups is 2. The van der Waals surface area contributed by atoms with Crippen molar-refractivity contribution in [1.29, 1.82) is 0 Å². The first-order valence-electron chi connectivity index (χ1n) is 22.3. The van der Waals surface area contributed by atoms with Gasteiger partial charge in [0.2, 0.25) is 11.8 Å². The minimum absolute atomic E-state index is 0.0677. The predicted octanol–water partition coefficient (Wildman–Crippen LogP) is 6.70. The van der Waals surface area contributed by atoms with Crippen LogP contribution in [0, 0.1) is 23.7 Å². The predicted molar refractivity (Wildman–Crippen MR) is 231 cm³/mol. The smallest absolute Gasteiger partial charge is 0.315 e. The average Bonchev–Trinajstić information content (AvgIpc) is 4.08. The molecular weight excluding hydrogens is 757 g/mol. The highest BCUT2D eigenvalue weighted by molar-refractivity contribution is 5.89. The SMILES string of the molecule is CC(C)[C@H](NC(=O)NC1CCCC1)C(=O)N1CCCC1c1nc2cc(C#Cc3ccc4[nH]c([C@H]5CCCN5C(=O)[C@@H](NC(=O)NC5CCCC5)C(C)C)nc4c3)ccc2[nH]1. The van der Waals surface area contributed by atoms with Crippen molar-refractivity contribution in [1.82, 2.24) is 51.0 Å². The molecule has 318 valence electrons. The number of amides is 6. The van der Waals surface area contributed by atoms with E-state index in [4.69, 9.17) is 9.97 Å². The molecule has 6 N–H and O–H groups in total. The first-order valence-corrected chi connectivity index (χ1v) is 22.3. The second-order valence-corrected chi connectivity index (χ2v) is 18.0. The van der Waals surface area contributed by atoms with Crippen molar-refractivity contribution in [2.24, 2.45) is 11.8 Å². The zero-order valence-corrected chi connectivity index (χ0v) is 35.4. The molecule has 2 aromatic heterocycles. The van der Waals surface area contributed by atoms with E-state index in [1.54, 1.807) is 0 Å². The summed E-state index contributed by atoms with van der Waals surface area (Å²) < 4.78 is 0. The molecule has 0 spiro atoms. The second-order valence-electron chi connectivity index (χ2n) is 18.0. The normalized spacial score (nSPS) is 20.8. The van der Waals surface area contributed by atoms with Gasteiger partial charge in [-0.05, 0) is 99.6 Å². The Morgan fingerprint density at radius 2 is 1.00 bits per heavy atom. The van der Waals surface area contributed by atoms with E-state index in [0.717, 1.165) is 122 Å². The van der Waals surface area contributed by atoms with E-state index < -0.39 is 12.1 Å². The van der Waals surface area contributed by atoms with Crippen LogP contribution in [0.25, 0.3) is 22.1 Å². The molecule has 0 radical (unpaired) electrons. The fourth-order valence-electron chi connectivity index (χ4n) is 9.56. The van der Waals surface area contributed by atoms with Crippen molar-refractivity contribution in [3.63, 3.8) is 0 Å². The summed E-state index contributed by atoms with van der Waals surface area (Å²) in [6, 6.07) is 9.94. The number of nitrogens with one attached hydrogen (secondary N) is 6. The summed E-state index contributed by atoms with van der Waals surface area (Å²) in [6.45, 7) is 9.09. The van der Waals surface area contributed by atoms with Crippen LogP contribution in [-0.4, -0.2) is 90.9 Å². The van der Waals surface area contributed by atoms with Gasteiger partial charge in [-0.1, -0.05) is 65.2 Å². The number of fused-ring (bicyclic) bond motifs is 2. The molecule has 4 fully saturated rings. The molecule has 4 atom stereocenters. The molecule has 2 saturated carbocycles. The van der Waals surface area contributed by atoms with Crippen molar-refractivity contribution in [3.05, 3.63) is 59.2 Å². The molecule has 60 heavy (non-hydrogen) atoms. The molecule has 6 amide bonds. The van der Waals surface area contributed by atoms with Gasteiger partial charge >= 0.3 is 12.1 Å². The summed E-state index contributed by atoms with van der Waals surface area (Å²) in [7, 11) is 0. The first kappa shape index (κ1) is 41.2. The Morgan fingerprint density at radius 1 is 0.600 bits per heavy atom. The number of nitrogens with zero attached hydrogens (tertiary/aromatic N) is 4. The van der Waals surface area contributed by atoms with Crippen molar-refractivity contribution in [2.75, 3.05) is 13.1 Å². The number of imidazole rings is 2. The van der Waals surface area contributed by atoms with E-state index in [2.05, 4.69) is 43.1 Å². The Bertz CT molecular complexity index is 2120. The monoisotopic (exact) mass is 816 g/mol. The van der Waals surface area contributed by atoms with E-state index >= 15 is 0 Å². The fourth-order valence-corrected chi connectivity index (χ4v) is 9.56. The lowest BCUT2D eigenvalue weighted by molar-refractivity contribution is -0.136. The number of carbonyl (C=O) groups excluding carboxylic acids is 4. The van der Waals surface area contributed by atoms with Crippen LogP contribution < -0.4 is 21.3 Å². The third kappa shape index (κ3) is 9.10. The maximum atomic E-state index is 13.9. The lowest BCUT2D eigenvalue weighted by Crippen LogP contribution is -2.54. The summed E-state index contributed by atoms with van der Waals surface area (Å²) in [5.41, 5.74) is 4.92. The third-order valence-electron chi connectivity index (χ3n) is 12.9. The van der Waals surface area contributed by atoms with Gasteiger partial charge in [0, 0.05) is 36.3 Å². The lowest BCUT2D eigenvalue weighted by Gasteiger charge is -2.30. The highest BCUT2D eigenvalue weighted by atomic mass is 16.2. The largest absolute Gasteiger partial charge is 0.340 e. The number of hydrogen-bond acceptors (Lipinski definition) is 6. The van der Waals surface area contributed by atoms with Crippen LogP contribution in [0.4, 0.5) is 9.59 Å². The van der Waals surface area contributed by atoms with Gasteiger partial charge in [0.05, 0.1) is 34.2 Å². The maximum Gasteiger partial charge on any atom is 0.315 e. The third-order valence-corrected chi connectivity index (χ3v) is 12.9. The second kappa shape index (κ2) is 18.0. The summed E-state index contributed by atoms with van der Waals surface area (Å²) in [5, 5.41) is 12.1. The number of aromatic nitrogens is 4. The van der Waals surface area contributed by atoms with Crippen LogP contribution in [0.2, 0.25) is 0 Å². The van der Waals surface area contributed by atoms with Crippen molar-refractivity contribution < 1.29 is 19.2 Å². The van der Waals surface area contributed by atoms with E-state index in [0.29, 0.717) is 13.1 Å². The standard InChI is InChI=1S/C46H60N10O4/c1-27(2)39(53-45(59)47-31-11-5-6-12-31)43(57)55-23-9-15-37(55)41-49-33-21-19-29(25-35(33)51-41)17-18-30-20-22-34-36(26-30)52-42(50-34)38-16-10-24-56(38)44(58)40(28(3)4)54-46(60)48-32-13-7-8-14-32/h19-22,25-28,31-32,37-40H,5-16,23-24H2,1-4H3,(H,49,51)(H,50,52)(H2,47,53,59)(H2,48,54,60)/t37-,38?,39+,40+/m1/s1. The van der Waals surface area contributed by atoms with Gasteiger partial charge < -0.3 is 41.0 Å². The number of rotatable bonds is 10. The van der Waals surface area contributed by atoms with Gasteiger partial charge in [-0.15, -0.1) is 0 Å². The molecule has 4 aromatic rings. The zero-order chi connectivity index (χ0) is 41.9. The van der Waals surface area contributed by atoms with Gasteiger partial charge in [-0.2, -0.15) is 0 Å². The molecule has 4 heterocycles. The fraction of sp³-hybridized carbons (Fsp3) is 0.565. The summed E-state index contributed by atoms with van der Waals surface area (Å²) >= 11 is 0. The quantitative estimate of drug-likeness (QED) is 0.0970. The van der Waals surface area contributed by atoms with E-state index in [-0.39, 0.29) is 59.9 Å². The van der Waals surface area contributed by atoms with Crippen LogP contribution in [0.3, 0.4) is 0 Å². The average molecular weight is 817 g/mol. The Morgan fingerprint density at radius 3 is 1.38 bits per heavy atom. The Hall–Kier alpha value is -5.58. The van der Waals surface area contributed by atoms with Crippen LogP contribution in [-0.2, 0) is 9.59 Å². The summed E-state index contributed by atoms with van der Waals surface area (Å²) in [6.07, 6.45) is 11.7. The molecule has 2 aliphatic heterocycles. The molecule has 14 heteroatoms. The first-order chi connectivity index (χ1) is 29.0. The van der Waals surface area contributed by atoms with Gasteiger partial charge in [-0.25, -0.2) is 19.6 Å². The molecule has 2 aromatic carbocycles. The minimum Gasteiger partial charge on any atom is -0.340 e. The van der Waals surface area contributed by atoms with E-state index in [9.17, 15) is 19.2 Å².